The Balaban J connectivity index is 1.37. The summed E-state index contributed by atoms with van der Waals surface area (Å²) in [6.45, 7) is 10.8. The van der Waals surface area contributed by atoms with Crippen molar-refractivity contribution in [3.05, 3.63) is 30.1 Å². The molecule has 1 aromatic rings. The van der Waals surface area contributed by atoms with E-state index in [1.54, 1.807) is 0 Å². The zero-order valence-corrected chi connectivity index (χ0v) is 15.7. The zero-order chi connectivity index (χ0) is 17.3. The van der Waals surface area contributed by atoms with Crippen LogP contribution in [0.25, 0.3) is 0 Å². The lowest BCUT2D eigenvalue weighted by Crippen LogP contribution is -2.46. The van der Waals surface area contributed by atoms with Crippen molar-refractivity contribution in [3.63, 3.8) is 0 Å². The van der Waals surface area contributed by atoms with Crippen LogP contribution >= 0.6 is 12.2 Å². The Kier molecular flexibility index (Phi) is 7.41. The molecule has 2 fully saturated rings. The van der Waals surface area contributed by atoms with Crippen LogP contribution in [0.1, 0.15) is 12.1 Å². The van der Waals surface area contributed by atoms with Crippen LogP contribution in [0.3, 0.4) is 0 Å². The number of thiocarbonyl (C=S) groups is 1. The van der Waals surface area contributed by atoms with Gasteiger partial charge in [-0.1, -0.05) is 6.07 Å². The number of pyridine rings is 1. The normalized spacial score (nSPS) is 20.2. The fraction of sp³-hybridized carbons (Fsp3) is 0.667. The first-order valence-corrected chi connectivity index (χ1v) is 9.67. The number of nitrogens with one attached hydrogen (secondary N) is 1. The van der Waals surface area contributed by atoms with Gasteiger partial charge in [-0.15, -0.1) is 0 Å². The molecule has 25 heavy (non-hydrogen) atoms. The first kappa shape index (κ1) is 18.5. The summed E-state index contributed by atoms with van der Waals surface area (Å²) >= 11 is 5.61. The van der Waals surface area contributed by atoms with Gasteiger partial charge in [-0.3, -0.25) is 14.8 Å². The minimum absolute atomic E-state index is 0.850. The van der Waals surface area contributed by atoms with Gasteiger partial charge in [0.2, 0.25) is 0 Å². The standard InChI is InChI=1S/C18H29N5OS/c25-18(20-6-9-21-12-14-24-15-13-21)23-8-3-7-22(10-11-23)16-17-4-1-2-5-19-17/h1-2,4-5H,3,6-16H2,(H,20,25). The number of aromatic nitrogens is 1. The van der Waals surface area contributed by atoms with E-state index in [0.717, 1.165) is 89.3 Å². The van der Waals surface area contributed by atoms with Crippen LogP contribution in [0.15, 0.2) is 24.4 Å². The Morgan fingerprint density at radius 1 is 1.08 bits per heavy atom. The van der Waals surface area contributed by atoms with Crippen molar-refractivity contribution in [2.24, 2.45) is 0 Å². The largest absolute Gasteiger partial charge is 0.379 e. The van der Waals surface area contributed by atoms with Crippen LogP contribution < -0.4 is 5.32 Å². The number of hydrogen-bond donors (Lipinski definition) is 1. The molecule has 0 saturated carbocycles. The molecular weight excluding hydrogens is 334 g/mol. The number of nitrogens with zero attached hydrogens (tertiary/aromatic N) is 4. The highest BCUT2D eigenvalue weighted by atomic mass is 32.1. The van der Waals surface area contributed by atoms with Crippen molar-refractivity contribution < 1.29 is 4.74 Å². The highest BCUT2D eigenvalue weighted by Gasteiger charge is 2.17. The van der Waals surface area contributed by atoms with Gasteiger partial charge in [-0.05, 0) is 30.8 Å². The molecule has 0 spiro atoms. The number of ether oxygens (including phenoxy) is 1. The molecule has 0 unspecified atom stereocenters. The second-order valence-electron chi connectivity index (χ2n) is 6.62. The summed E-state index contributed by atoms with van der Waals surface area (Å²) < 4.78 is 5.38. The van der Waals surface area contributed by atoms with E-state index in [1.165, 1.54) is 0 Å². The third kappa shape index (κ3) is 6.18. The predicted molar refractivity (Wildman–Crippen MR) is 104 cm³/mol. The van der Waals surface area contributed by atoms with E-state index in [4.69, 9.17) is 17.0 Å². The fourth-order valence-corrected chi connectivity index (χ4v) is 3.60. The molecule has 138 valence electrons. The maximum absolute atomic E-state index is 5.61. The van der Waals surface area contributed by atoms with Gasteiger partial charge in [0.15, 0.2) is 5.11 Å². The molecule has 0 atom stereocenters. The van der Waals surface area contributed by atoms with Gasteiger partial charge in [0.05, 0.1) is 18.9 Å². The van der Waals surface area contributed by atoms with Crippen LogP contribution in [-0.4, -0.2) is 90.4 Å². The fourth-order valence-electron chi connectivity index (χ4n) is 3.31. The maximum Gasteiger partial charge on any atom is 0.169 e. The monoisotopic (exact) mass is 363 g/mol. The molecule has 0 aromatic carbocycles. The summed E-state index contributed by atoms with van der Waals surface area (Å²) in [4.78, 5) is 11.6. The first-order valence-electron chi connectivity index (χ1n) is 9.26. The molecule has 1 N–H and O–H groups in total. The molecule has 0 bridgehead atoms. The predicted octanol–water partition coefficient (Wildman–Crippen LogP) is 0.796. The van der Waals surface area contributed by atoms with E-state index in [2.05, 4.69) is 37.1 Å². The van der Waals surface area contributed by atoms with Gasteiger partial charge in [0.25, 0.3) is 0 Å². The van der Waals surface area contributed by atoms with Crippen LogP contribution in [0.5, 0.6) is 0 Å². The lowest BCUT2D eigenvalue weighted by molar-refractivity contribution is 0.0389. The third-order valence-corrected chi connectivity index (χ3v) is 5.20. The van der Waals surface area contributed by atoms with Gasteiger partial charge in [-0.2, -0.15) is 0 Å². The smallest absolute Gasteiger partial charge is 0.169 e. The van der Waals surface area contributed by atoms with Crippen molar-refractivity contribution >= 4 is 17.3 Å². The molecule has 1 aromatic heterocycles. The Morgan fingerprint density at radius 3 is 2.76 bits per heavy atom. The summed E-state index contributed by atoms with van der Waals surface area (Å²) in [5.41, 5.74) is 1.14. The summed E-state index contributed by atoms with van der Waals surface area (Å²) in [6, 6.07) is 6.12. The zero-order valence-electron chi connectivity index (χ0n) is 14.9. The van der Waals surface area contributed by atoms with Gasteiger partial charge < -0.3 is 15.0 Å². The molecular formula is C18H29N5OS. The summed E-state index contributed by atoms with van der Waals surface area (Å²) in [6.07, 6.45) is 3.01. The van der Waals surface area contributed by atoms with Gasteiger partial charge in [-0.25, -0.2) is 0 Å². The highest BCUT2D eigenvalue weighted by molar-refractivity contribution is 7.80. The van der Waals surface area contributed by atoms with Gasteiger partial charge in [0.1, 0.15) is 0 Å². The first-order chi connectivity index (χ1) is 12.3. The van der Waals surface area contributed by atoms with Crippen LogP contribution in [0.2, 0.25) is 0 Å². The van der Waals surface area contributed by atoms with Crippen molar-refractivity contribution in [2.75, 3.05) is 65.6 Å². The van der Waals surface area contributed by atoms with Crippen LogP contribution in [-0.2, 0) is 11.3 Å². The van der Waals surface area contributed by atoms with Crippen molar-refractivity contribution in [1.29, 1.82) is 0 Å². The molecule has 3 heterocycles. The second kappa shape index (κ2) is 10.0. The molecule has 3 rings (SSSR count). The quantitative estimate of drug-likeness (QED) is 0.776. The minimum Gasteiger partial charge on any atom is -0.379 e. The lowest BCUT2D eigenvalue weighted by Gasteiger charge is -2.28. The Morgan fingerprint density at radius 2 is 1.96 bits per heavy atom. The van der Waals surface area contributed by atoms with E-state index in [0.29, 0.717) is 0 Å². The van der Waals surface area contributed by atoms with Gasteiger partial charge >= 0.3 is 0 Å². The van der Waals surface area contributed by atoms with E-state index in [1.807, 2.05) is 12.3 Å². The molecule has 0 amide bonds. The van der Waals surface area contributed by atoms with Crippen molar-refractivity contribution in [1.82, 2.24) is 25.0 Å². The molecule has 0 radical (unpaired) electrons. The molecule has 2 aliphatic rings. The Hall–Kier alpha value is -1.28. The molecule has 6 nitrogen and oxygen atoms in total. The van der Waals surface area contributed by atoms with Crippen molar-refractivity contribution in [2.45, 2.75) is 13.0 Å². The highest BCUT2D eigenvalue weighted by Crippen LogP contribution is 2.07. The van der Waals surface area contributed by atoms with Crippen LogP contribution in [0, 0.1) is 0 Å². The summed E-state index contributed by atoms with van der Waals surface area (Å²) in [7, 11) is 0. The summed E-state index contributed by atoms with van der Waals surface area (Å²) in [5, 5.41) is 4.33. The van der Waals surface area contributed by atoms with E-state index in [-0.39, 0.29) is 0 Å². The number of hydrogen-bond acceptors (Lipinski definition) is 5. The lowest BCUT2D eigenvalue weighted by atomic mass is 10.3. The minimum atomic E-state index is 0.850. The second-order valence-corrected chi connectivity index (χ2v) is 7.01. The third-order valence-electron chi connectivity index (χ3n) is 4.80. The van der Waals surface area contributed by atoms with Crippen molar-refractivity contribution in [3.8, 4) is 0 Å². The Bertz CT molecular complexity index is 523. The maximum atomic E-state index is 5.61. The topological polar surface area (TPSA) is 43.9 Å². The molecule has 2 saturated heterocycles. The summed E-state index contributed by atoms with van der Waals surface area (Å²) in [5.74, 6) is 0. The number of morpholine rings is 1. The Labute approximate surface area is 156 Å². The van der Waals surface area contributed by atoms with E-state index in [9.17, 15) is 0 Å². The van der Waals surface area contributed by atoms with E-state index >= 15 is 0 Å². The molecule has 0 aliphatic carbocycles. The SMILES string of the molecule is S=C(NCCN1CCOCC1)N1CCCN(Cc2ccccn2)CC1. The van der Waals surface area contributed by atoms with Gasteiger partial charge in [0, 0.05) is 65.1 Å². The number of rotatable bonds is 5. The van der Waals surface area contributed by atoms with Crippen LogP contribution in [0.4, 0.5) is 0 Å². The van der Waals surface area contributed by atoms with E-state index < -0.39 is 0 Å². The average Bonchev–Trinajstić information content (AvgIpc) is 2.89. The molecule has 7 heteroatoms. The molecule has 2 aliphatic heterocycles. The average molecular weight is 364 g/mol.